The molecule has 0 N–H and O–H groups in total. The molecule has 0 bridgehead atoms. The summed E-state index contributed by atoms with van der Waals surface area (Å²) in [6.07, 6.45) is 1.60. The van der Waals surface area contributed by atoms with E-state index < -0.39 is 10.0 Å². The van der Waals surface area contributed by atoms with Crippen LogP contribution in [-0.4, -0.2) is 18.9 Å². The predicted molar refractivity (Wildman–Crippen MR) is 139 cm³/mol. The summed E-state index contributed by atoms with van der Waals surface area (Å²) in [7, 11) is -3.83. The van der Waals surface area contributed by atoms with Crippen molar-refractivity contribution in [3.63, 3.8) is 0 Å². The molecule has 0 aliphatic heterocycles. The van der Waals surface area contributed by atoms with Crippen LogP contribution in [0.15, 0.2) is 104 Å². The van der Waals surface area contributed by atoms with Crippen LogP contribution in [0.3, 0.4) is 0 Å². The standard InChI is InChI=1S/C25H19BrCl2N2O3S/c26-19-3-9-22(10-4-19)29-15-23-11-12-24(33-23)17-30(16-18-1-5-20(27)6-2-18)34(31,32)25-13-7-21(28)8-14-25/h1-15H,16-17H2. The van der Waals surface area contributed by atoms with Gasteiger partial charge in [-0.3, -0.25) is 4.99 Å². The topological polar surface area (TPSA) is 62.9 Å². The molecule has 0 saturated heterocycles. The summed E-state index contributed by atoms with van der Waals surface area (Å²) in [5.41, 5.74) is 1.57. The maximum atomic E-state index is 13.4. The molecule has 1 aromatic heterocycles. The lowest BCUT2D eigenvalue weighted by molar-refractivity contribution is 0.357. The van der Waals surface area contributed by atoms with E-state index in [1.54, 1.807) is 54.7 Å². The molecule has 5 nitrogen and oxygen atoms in total. The van der Waals surface area contributed by atoms with Gasteiger partial charge in [0.15, 0.2) is 0 Å². The fourth-order valence-corrected chi connectivity index (χ4v) is 5.07. The highest BCUT2D eigenvalue weighted by Gasteiger charge is 2.26. The van der Waals surface area contributed by atoms with Gasteiger partial charge in [-0.2, -0.15) is 4.31 Å². The van der Waals surface area contributed by atoms with E-state index in [4.69, 9.17) is 27.6 Å². The number of halogens is 3. The minimum atomic E-state index is -3.83. The van der Waals surface area contributed by atoms with Crippen molar-refractivity contribution in [2.45, 2.75) is 18.0 Å². The van der Waals surface area contributed by atoms with Gasteiger partial charge in [0, 0.05) is 21.1 Å². The van der Waals surface area contributed by atoms with Crippen LogP contribution < -0.4 is 0 Å². The lowest BCUT2D eigenvalue weighted by Gasteiger charge is -2.21. The maximum Gasteiger partial charge on any atom is 0.243 e. The zero-order valence-corrected chi connectivity index (χ0v) is 21.7. The van der Waals surface area contributed by atoms with E-state index in [2.05, 4.69) is 20.9 Å². The molecule has 174 valence electrons. The van der Waals surface area contributed by atoms with Gasteiger partial charge < -0.3 is 4.42 Å². The summed E-state index contributed by atoms with van der Waals surface area (Å²) >= 11 is 15.3. The van der Waals surface area contributed by atoms with Crippen LogP contribution in [0.1, 0.15) is 17.1 Å². The molecule has 0 unspecified atom stereocenters. The lowest BCUT2D eigenvalue weighted by Crippen LogP contribution is -2.30. The van der Waals surface area contributed by atoms with Crippen LogP contribution in [-0.2, 0) is 23.1 Å². The number of sulfonamides is 1. The quantitative estimate of drug-likeness (QED) is 0.204. The summed E-state index contributed by atoms with van der Waals surface area (Å²) in [4.78, 5) is 4.54. The van der Waals surface area contributed by atoms with Gasteiger partial charge >= 0.3 is 0 Å². The van der Waals surface area contributed by atoms with Crippen molar-refractivity contribution in [3.05, 3.63) is 117 Å². The van der Waals surface area contributed by atoms with Crippen LogP contribution in [0.25, 0.3) is 0 Å². The van der Waals surface area contributed by atoms with E-state index in [1.807, 2.05) is 24.3 Å². The first-order chi connectivity index (χ1) is 16.3. The maximum absolute atomic E-state index is 13.4. The van der Waals surface area contributed by atoms with Gasteiger partial charge in [0.1, 0.15) is 11.5 Å². The summed E-state index contributed by atoms with van der Waals surface area (Å²) in [6.45, 7) is 0.185. The molecule has 4 aromatic rings. The third-order valence-corrected chi connectivity index (χ3v) is 7.74. The van der Waals surface area contributed by atoms with Gasteiger partial charge in [0.05, 0.1) is 23.3 Å². The molecule has 0 saturated carbocycles. The zero-order valence-electron chi connectivity index (χ0n) is 17.7. The molecule has 0 aliphatic rings. The Bertz CT molecular complexity index is 1390. The summed E-state index contributed by atoms with van der Waals surface area (Å²) in [5.74, 6) is 1.01. The normalized spacial score (nSPS) is 12.0. The molecule has 0 aliphatic carbocycles. The van der Waals surface area contributed by atoms with Gasteiger partial charge in [0.2, 0.25) is 10.0 Å². The highest BCUT2D eigenvalue weighted by molar-refractivity contribution is 9.10. The fourth-order valence-electron chi connectivity index (χ4n) is 3.16. The molecule has 0 spiro atoms. The minimum Gasteiger partial charge on any atom is -0.459 e. The summed E-state index contributed by atoms with van der Waals surface area (Å²) in [6, 6.07) is 24.2. The average Bonchev–Trinajstić information content (AvgIpc) is 3.27. The second-order valence-electron chi connectivity index (χ2n) is 7.39. The van der Waals surface area contributed by atoms with E-state index in [0.29, 0.717) is 21.6 Å². The second kappa shape index (κ2) is 10.9. The number of benzene rings is 3. The first-order valence-electron chi connectivity index (χ1n) is 10.2. The molecule has 0 fully saturated rings. The molecular formula is C25H19BrCl2N2O3S. The summed E-state index contributed by atoms with van der Waals surface area (Å²) < 4.78 is 35.1. The van der Waals surface area contributed by atoms with E-state index in [9.17, 15) is 8.42 Å². The smallest absolute Gasteiger partial charge is 0.243 e. The van der Waals surface area contributed by atoms with Crippen molar-refractivity contribution in [2.24, 2.45) is 4.99 Å². The van der Waals surface area contributed by atoms with E-state index in [0.717, 1.165) is 15.7 Å². The predicted octanol–water partition coefficient (Wildman–Crippen LogP) is 7.49. The largest absolute Gasteiger partial charge is 0.459 e. The van der Waals surface area contributed by atoms with Gasteiger partial charge in [-0.25, -0.2) is 8.42 Å². The number of furan rings is 1. The Morgan fingerprint density at radius 3 is 2.09 bits per heavy atom. The Morgan fingerprint density at radius 1 is 0.824 bits per heavy atom. The van der Waals surface area contributed by atoms with Crippen molar-refractivity contribution >= 4 is 61.1 Å². The van der Waals surface area contributed by atoms with Crippen molar-refractivity contribution in [1.82, 2.24) is 4.31 Å². The van der Waals surface area contributed by atoms with Crippen LogP contribution in [0.5, 0.6) is 0 Å². The SMILES string of the molecule is O=S(=O)(c1ccc(Cl)cc1)N(Cc1ccc(Cl)cc1)Cc1ccc(C=Nc2ccc(Br)cc2)o1. The number of aliphatic imine (C=N–C) groups is 1. The van der Waals surface area contributed by atoms with Crippen molar-refractivity contribution in [2.75, 3.05) is 0 Å². The van der Waals surface area contributed by atoms with Gasteiger partial charge in [0.25, 0.3) is 0 Å². The molecular weight excluding hydrogens is 559 g/mol. The molecule has 0 radical (unpaired) electrons. The Balaban J connectivity index is 1.58. The van der Waals surface area contributed by atoms with Gasteiger partial charge in [-0.15, -0.1) is 0 Å². The third-order valence-electron chi connectivity index (χ3n) is 4.91. The van der Waals surface area contributed by atoms with Crippen molar-refractivity contribution < 1.29 is 12.8 Å². The molecule has 34 heavy (non-hydrogen) atoms. The highest BCUT2D eigenvalue weighted by atomic mass is 79.9. The fraction of sp³-hybridized carbons (Fsp3) is 0.0800. The molecule has 1 heterocycles. The lowest BCUT2D eigenvalue weighted by atomic mass is 10.2. The molecule has 3 aromatic carbocycles. The Hall–Kier alpha value is -2.42. The Morgan fingerprint density at radius 2 is 1.44 bits per heavy atom. The first-order valence-corrected chi connectivity index (χ1v) is 13.2. The first kappa shape index (κ1) is 24.7. The Labute approximate surface area is 216 Å². The highest BCUT2D eigenvalue weighted by Crippen LogP contribution is 2.24. The summed E-state index contributed by atoms with van der Waals surface area (Å²) in [5, 5.41) is 1.04. The van der Waals surface area contributed by atoms with Gasteiger partial charge in [-0.1, -0.05) is 51.3 Å². The van der Waals surface area contributed by atoms with Crippen LogP contribution in [0, 0.1) is 0 Å². The average molecular weight is 578 g/mol. The number of hydrogen-bond acceptors (Lipinski definition) is 4. The van der Waals surface area contributed by atoms with Crippen LogP contribution in [0.2, 0.25) is 10.0 Å². The minimum absolute atomic E-state index is 0.0414. The van der Waals surface area contributed by atoms with Gasteiger partial charge in [-0.05, 0) is 78.4 Å². The molecule has 0 amide bonds. The number of rotatable bonds is 8. The zero-order chi connectivity index (χ0) is 24.1. The third kappa shape index (κ3) is 6.37. The van der Waals surface area contributed by atoms with Crippen LogP contribution >= 0.6 is 39.1 Å². The molecule has 4 rings (SSSR count). The van der Waals surface area contributed by atoms with Crippen LogP contribution in [0.4, 0.5) is 5.69 Å². The van der Waals surface area contributed by atoms with E-state index >= 15 is 0 Å². The van der Waals surface area contributed by atoms with Crippen molar-refractivity contribution in [1.29, 1.82) is 0 Å². The number of nitrogens with zero attached hydrogens (tertiary/aromatic N) is 2. The molecule has 9 heteroatoms. The van der Waals surface area contributed by atoms with Crippen molar-refractivity contribution in [3.8, 4) is 0 Å². The second-order valence-corrected chi connectivity index (χ2v) is 11.1. The number of hydrogen-bond donors (Lipinski definition) is 0. The molecule has 0 atom stereocenters. The monoisotopic (exact) mass is 576 g/mol. The Kier molecular flexibility index (Phi) is 7.91. The van der Waals surface area contributed by atoms with E-state index in [1.165, 1.54) is 16.4 Å². The van der Waals surface area contributed by atoms with E-state index in [-0.39, 0.29) is 18.0 Å².